The lowest BCUT2D eigenvalue weighted by Gasteiger charge is -2.11. The Balaban J connectivity index is 2.19. The number of benzene rings is 1. The van der Waals surface area contributed by atoms with Crippen molar-refractivity contribution in [3.63, 3.8) is 0 Å². The molecule has 0 unspecified atom stereocenters. The number of ether oxygens (including phenoxy) is 1. The molecule has 0 saturated heterocycles. The number of carbonyl (C=O) groups is 1. The zero-order valence-electron chi connectivity index (χ0n) is 15.7. The Kier molecular flexibility index (Phi) is 6.85. The summed E-state index contributed by atoms with van der Waals surface area (Å²) in [4.78, 5) is 15.2. The van der Waals surface area contributed by atoms with Crippen molar-refractivity contribution in [3.05, 3.63) is 47.8 Å². The average molecular weight is 431 g/mol. The van der Waals surface area contributed by atoms with Gasteiger partial charge in [0.15, 0.2) is 5.69 Å². The fourth-order valence-electron chi connectivity index (χ4n) is 2.30. The first-order valence-electron chi connectivity index (χ1n) is 8.50. The molecule has 11 heteroatoms. The van der Waals surface area contributed by atoms with E-state index in [1.165, 1.54) is 0 Å². The zero-order valence-corrected chi connectivity index (χ0v) is 16.5. The lowest BCUT2D eigenvalue weighted by molar-refractivity contribution is -0.137. The van der Waals surface area contributed by atoms with Crippen LogP contribution in [0.5, 0.6) is 0 Å². The van der Waals surface area contributed by atoms with Crippen LogP contribution in [0.2, 0.25) is 0 Å². The molecule has 2 aromatic rings. The van der Waals surface area contributed by atoms with Crippen molar-refractivity contribution in [2.24, 2.45) is 0 Å². The van der Waals surface area contributed by atoms with Gasteiger partial charge in [-0.3, -0.25) is 4.79 Å². The normalized spacial score (nSPS) is 12.2. The average Bonchev–Trinajstić information content (AvgIpc) is 2.64. The monoisotopic (exact) mass is 431 g/mol. The van der Waals surface area contributed by atoms with Crippen LogP contribution in [0.3, 0.4) is 0 Å². The Morgan fingerprint density at radius 2 is 1.83 bits per heavy atom. The first-order chi connectivity index (χ1) is 13.4. The van der Waals surface area contributed by atoms with Gasteiger partial charge in [-0.25, -0.2) is 13.4 Å². The van der Waals surface area contributed by atoms with Gasteiger partial charge in [0, 0.05) is 12.7 Å². The van der Waals surface area contributed by atoms with Gasteiger partial charge < -0.3 is 15.8 Å². The molecule has 0 aliphatic heterocycles. The van der Waals surface area contributed by atoms with E-state index in [4.69, 9.17) is 10.5 Å². The van der Waals surface area contributed by atoms with Crippen molar-refractivity contribution in [1.82, 2.24) is 10.3 Å². The second kappa shape index (κ2) is 8.78. The maximum atomic E-state index is 12.6. The van der Waals surface area contributed by atoms with Gasteiger partial charge in [0.05, 0.1) is 33.8 Å². The Morgan fingerprint density at radius 1 is 1.21 bits per heavy atom. The largest absolute Gasteiger partial charge is 0.416 e. The van der Waals surface area contributed by atoms with Crippen LogP contribution in [0.15, 0.2) is 46.3 Å². The smallest absolute Gasteiger partial charge is 0.397 e. The number of aromatic nitrogens is 1. The number of hydrogen-bond donors (Lipinski definition) is 2. The van der Waals surface area contributed by atoms with Crippen molar-refractivity contribution in [2.75, 3.05) is 18.9 Å². The van der Waals surface area contributed by atoms with Gasteiger partial charge in [0.2, 0.25) is 9.84 Å². The molecular weight excluding hydrogens is 411 g/mol. The number of nitrogen functional groups attached to an aromatic ring is 1. The molecule has 1 amide bonds. The number of nitrogens with two attached hydrogens (primary N) is 1. The number of pyridine rings is 1. The summed E-state index contributed by atoms with van der Waals surface area (Å²) in [5.41, 5.74) is 4.45. The number of amides is 1. The zero-order chi connectivity index (χ0) is 21.8. The third-order valence-electron chi connectivity index (χ3n) is 3.75. The number of hydrogen-bond acceptors (Lipinski definition) is 6. The molecule has 3 N–H and O–H groups in total. The van der Waals surface area contributed by atoms with Crippen LogP contribution < -0.4 is 11.1 Å². The van der Waals surface area contributed by atoms with Crippen LogP contribution in [0.25, 0.3) is 0 Å². The van der Waals surface area contributed by atoms with Crippen LogP contribution in [0.1, 0.15) is 29.9 Å². The number of halogens is 3. The van der Waals surface area contributed by atoms with E-state index in [0.29, 0.717) is 12.1 Å². The molecular formula is C18H20F3N3O4S. The molecule has 0 saturated carbocycles. The summed E-state index contributed by atoms with van der Waals surface area (Å²) in [5.74, 6) is -0.603. The van der Waals surface area contributed by atoms with Crippen molar-refractivity contribution >= 4 is 21.4 Å². The highest BCUT2D eigenvalue weighted by Crippen LogP contribution is 2.31. The number of sulfone groups is 1. The van der Waals surface area contributed by atoms with E-state index in [1.54, 1.807) is 0 Å². The molecule has 7 nitrogen and oxygen atoms in total. The van der Waals surface area contributed by atoms with Crippen LogP contribution in [0.4, 0.5) is 18.9 Å². The second-order valence-corrected chi connectivity index (χ2v) is 8.26. The Morgan fingerprint density at radius 3 is 2.34 bits per heavy atom. The number of carbonyl (C=O) groups excluding carboxylic acids is 1. The highest BCUT2D eigenvalue weighted by Gasteiger charge is 2.31. The highest BCUT2D eigenvalue weighted by molar-refractivity contribution is 7.91. The third-order valence-corrected chi connectivity index (χ3v) is 5.48. The minimum Gasteiger partial charge on any atom is -0.397 e. The number of nitrogens with one attached hydrogen (secondary N) is 1. The molecule has 0 bridgehead atoms. The molecule has 0 fully saturated rings. The summed E-state index contributed by atoms with van der Waals surface area (Å²) < 4.78 is 68.4. The summed E-state index contributed by atoms with van der Waals surface area (Å²) in [5, 5.41) is 2.54. The van der Waals surface area contributed by atoms with Gasteiger partial charge in [-0.1, -0.05) is 0 Å². The highest BCUT2D eigenvalue weighted by atomic mass is 32.2. The van der Waals surface area contributed by atoms with Crippen LogP contribution in [-0.4, -0.2) is 38.6 Å². The van der Waals surface area contributed by atoms with Crippen LogP contribution >= 0.6 is 0 Å². The van der Waals surface area contributed by atoms with Gasteiger partial charge in [-0.05, 0) is 44.2 Å². The molecule has 158 valence electrons. The molecule has 0 atom stereocenters. The van der Waals surface area contributed by atoms with Crippen molar-refractivity contribution in [1.29, 1.82) is 0 Å². The standard InChI is InChI=1S/C18H20F3N3O4S/c1-11(2)28-8-7-23-17(25)16-15(22)9-14(10-24-16)29(26,27)13-5-3-12(4-6-13)18(19,20)21/h3-6,9-11H,7-8,22H2,1-2H3,(H,23,25). The van der Waals surface area contributed by atoms with E-state index < -0.39 is 27.5 Å². The molecule has 1 aromatic heterocycles. The Hall–Kier alpha value is -2.66. The predicted octanol–water partition coefficient (Wildman–Crippen LogP) is 2.67. The lowest BCUT2D eigenvalue weighted by atomic mass is 10.2. The summed E-state index contributed by atoms with van der Waals surface area (Å²) in [7, 11) is -4.16. The van der Waals surface area contributed by atoms with Crippen molar-refractivity contribution < 1.29 is 31.1 Å². The fraction of sp³-hybridized carbons (Fsp3) is 0.333. The van der Waals surface area contributed by atoms with Gasteiger partial charge in [0.25, 0.3) is 5.91 Å². The number of alkyl halides is 3. The van der Waals surface area contributed by atoms with Gasteiger partial charge >= 0.3 is 6.18 Å². The van der Waals surface area contributed by atoms with Gasteiger partial charge in [0.1, 0.15) is 0 Å². The number of rotatable bonds is 7. The molecule has 0 spiro atoms. The maximum Gasteiger partial charge on any atom is 0.416 e. The first-order valence-corrected chi connectivity index (χ1v) is 9.99. The Bertz CT molecular complexity index is 975. The molecule has 0 aliphatic carbocycles. The minimum atomic E-state index is -4.58. The van der Waals surface area contributed by atoms with E-state index in [0.717, 1.165) is 24.4 Å². The molecule has 1 aromatic carbocycles. The minimum absolute atomic E-state index is 0.00443. The summed E-state index contributed by atoms with van der Waals surface area (Å²) >= 11 is 0. The molecule has 0 radical (unpaired) electrons. The van der Waals surface area contributed by atoms with Crippen LogP contribution in [0, 0.1) is 0 Å². The number of anilines is 1. The fourth-order valence-corrected chi connectivity index (χ4v) is 3.54. The molecule has 29 heavy (non-hydrogen) atoms. The molecule has 1 heterocycles. The third kappa shape index (κ3) is 5.67. The van der Waals surface area contributed by atoms with E-state index in [1.807, 2.05) is 13.8 Å². The van der Waals surface area contributed by atoms with E-state index in [-0.39, 0.29) is 40.4 Å². The van der Waals surface area contributed by atoms with E-state index in [9.17, 15) is 26.4 Å². The predicted molar refractivity (Wildman–Crippen MR) is 99.0 cm³/mol. The maximum absolute atomic E-state index is 12.6. The topological polar surface area (TPSA) is 111 Å². The van der Waals surface area contributed by atoms with Crippen LogP contribution in [-0.2, 0) is 20.8 Å². The summed E-state index contributed by atoms with van der Waals surface area (Å²) in [6.45, 7) is 4.18. The van der Waals surface area contributed by atoms with Crippen molar-refractivity contribution in [3.8, 4) is 0 Å². The van der Waals surface area contributed by atoms with E-state index in [2.05, 4.69) is 10.3 Å². The molecule has 0 aliphatic rings. The first kappa shape index (κ1) is 22.6. The Labute approximate surface area is 166 Å². The molecule has 2 rings (SSSR count). The summed E-state index contributed by atoms with van der Waals surface area (Å²) in [6, 6.07) is 4.09. The second-order valence-electron chi connectivity index (χ2n) is 6.31. The van der Waals surface area contributed by atoms with Gasteiger partial charge in [-0.15, -0.1) is 0 Å². The lowest BCUT2D eigenvalue weighted by Crippen LogP contribution is -2.29. The SMILES string of the molecule is CC(C)OCCNC(=O)c1ncc(S(=O)(=O)c2ccc(C(F)(F)F)cc2)cc1N. The summed E-state index contributed by atoms with van der Waals surface area (Å²) in [6.07, 6.45) is -3.64. The van der Waals surface area contributed by atoms with Gasteiger partial charge in [-0.2, -0.15) is 13.2 Å². The van der Waals surface area contributed by atoms with Crippen molar-refractivity contribution in [2.45, 2.75) is 35.9 Å². The van der Waals surface area contributed by atoms with E-state index >= 15 is 0 Å². The number of nitrogens with zero attached hydrogens (tertiary/aromatic N) is 1. The quantitative estimate of drug-likeness (QED) is 0.652.